The molecule has 0 spiro atoms. The summed E-state index contributed by atoms with van der Waals surface area (Å²) in [5, 5.41) is 2.97. The Morgan fingerprint density at radius 2 is 1.77 bits per heavy atom. The van der Waals surface area contributed by atoms with Crippen LogP contribution >= 0.6 is 0 Å². The van der Waals surface area contributed by atoms with Gasteiger partial charge in [0.05, 0.1) is 30.7 Å². The summed E-state index contributed by atoms with van der Waals surface area (Å²) >= 11 is 0. The monoisotopic (exact) mass is 352 g/mol. The van der Waals surface area contributed by atoms with Crippen molar-refractivity contribution in [1.29, 1.82) is 0 Å². The molecule has 0 bridgehead atoms. The summed E-state index contributed by atoms with van der Waals surface area (Å²) in [6.07, 6.45) is 0.917. The topological polar surface area (TPSA) is 55.9 Å². The van der Waals surface area contributed by atoms with Crippen LogP contribution in [0.25, 0.3) is 16.6 Å². The Balaban J connectivity index is 2.14. The summed E-state index contributed by atoms with van der Waals surface area (Å²) in [5.74, 6) is 0.830. The van der Waals surface area contributed by atoms with Crippen LogP contribution < -0.4 is 15.8 Å². The lowest BCUT2D eigenvalue weighted by Crippen LogP contribution is -3.09. The van der Waals surface area contributed by atoms with E-state index in [0.717, 1.165) is 36.5 Å². The molecule has 0 saturated heterocycles. The molecule has 3 N–H and O–H groups in total. The lowest BCUT2D eigenvalue weighted by Gasteiger charge is -2.19. The van der Waals surface area contributed by atoms with Crippen molar-refractivity contribution in [3.8, 4) is 5.69 Å². The van der Waals surface area contributed by atoms with Crippen LogP contribution in [0.5, 0.6) is 0 Å². The minimum atomic E-state index is 0.00174. The summed E-state index contributed by atoms with van der Waals surface area (Å²) in [5.41, 5.74) is 1.64. The van der Waals surface area contributed by atoms with Crippen molar-refractivity contribution < 1.29 is 10.2 Å². The maximum absolute atomic E-state index is 13.3. The number of benzene rings is 2. The van der Waals surface area contributed by atoms with Gasteiger partial charge in [0.1, 0.15) is 19.1 Å². The smallest absolute Gasteiger partial charge is 0.266 e. The maximum atomic E-state index is 13.3. The first-order valence-electron chi connectivity index (χ1n) is 9.31. The number of hydrogen-bond acceptors (Lipinski definition) is 2. The number of nitrogens with two attached hydrogens (primary N) is 1. The van der Waals surface area contributed by atoms with Crippen LogP contribution in [0, 0.1) is 0 Å². The standard InChI is InChI=1S/C21H26N4O/c1-4-18(22-14-15-24(2)3)20-23-19-13-9-8-12-17(19)21(26)25(20)16-10-6-5-7-11-16/h5-13,18,22H,4,14-15H2,1-3H3/p+2/t18-/m1/s1. The molecule has 1 heterocycles. The van der Waals surface area contributed by atoms with E-state index in [1.165, 1.54) is 4.90 Å². The molecule has 1 aromatic heterocycles. The van der Waals surface area contributed by atoms with Gasteiger partial charge in [-0.05, 0) is 24.3 Å². The van der Waals surface area contributed by atoms with Gasteiger partial charge < -0.3 is 10.2 Å². The van der Waals surface area contributed by atoms with Crippen LogP contribution in [-0.4, -0.2) is 36.7 Å². The number of quaternary nitrogens is 2. The predicted octanol–water partition coefficient (Wildman–Crippen LogP) is 0.545. The largest absolute Gasteiger partial charge is 0.335 e. The van der Waals surface area contributed by atoms with E-state index in [0.29, 0.717) is 5.39 Å². The van der Waals surface area contributed by atoms with E-state index >= 15 is 0 Å². The lowest BCUT2D eigenvalue weighted by molar-refractivity contribution is -0.877. The van der Waals surface area contributed by atoms with Crippen LogP contribution in [0.1, 0.15) is 25.2 Å². The van der Waals surface area contributed by atoms with Crippen molar-refractivity contribution in [3.63, 3.8) is 0 Å². The Bertz CT molecular complexity index is 918. The average Bonchev–Trinajstić information content (AvgIpc) is 2.66. The van der Waals surface area contributed by atoms with E-state index in [1.807, 2.05) is 54.6 Å². The van der Waals surface area contributed by atoms with Crippen LogP contribution in [0.4, 0.5) is 0 Å². The fourth-order valence-corrected chi connectivity index (χ4v) is 3.25. The zero-order chi connectivity index (χ0) is 18.5. The van der Waals surface area contributed by atoms with Crippen LogP contribution in [0.3, 0.4) is 0 Å². The molecule has 0 radical (unpaired) electrons. The highest BCUT2D eigenvalue weighted by atomic mass is 16.1. The molecule has 3 aromatic rings. The van der Waals surface area contributed by atoms with Gasteiger partial charge in [-0.1, -0.05) is 37.3 Å². The third kappa shape index (κ3) is 3.84. The first kappa shape index (κ1) is 18.3. The second-order valence-corrected chi connectivity index (χ2v) is 6.96. The number of fused-ring (bicyclic) bond motifs is 1. The molecule has 0 fully saturated rings. The van der Waals surface area contributed by atoms with E-state index in [9.17, 15) is 4.79 Å². The SMILES string of the molecule is CC[C@@H]([NH2+]CC[NH+](C)C)c1nc2ccccc2c(=O)n1-c1ccccc1. The van der Waals surface area contributed by atoms with Gasteiger partial charge in [-0.3, -0.25) is 9.36 Å². The van der Waals surface area contributed by atoms with Crippen molar-refractivity contribution >= 4 is 10.9 Å². The number of para-hydroxylation sites is 2. The van der Waals surface area contributed by atoms with Gasteiger partial charge in [-0.2, -0.15) is 0 Å². The molecular weight excluding hydrogens is 324 g/mol. The Hall–Kier alpha value is -2.50. The van der Waals surface area contributed by atoms with Crippen molar-refractivity contribution in [2.24, 2.45) is 0 Å². The lowest BCUT2D eigenvalue weighted by atomic mass is 10.1. The first-order valence-corrected chi connectivity index (χ1v) is 9.31. The number of nitrogens with zero attached hydrogens (tertiary/aromatic N) is 2. The van der Waals surface area contributed by atoms with Gasteiger partial charge >= 0.3 is 0 Å². The molecule has 0 unspecified atom stereocenters. The van der Waals surface area contributed by atoms with Gasteiger partial charge in [-0.25, -0.2) is 4.98 Å². The minimum Gasteiger partial charge on any atom is -0.335 e. The Morgan fingerprint density at radius 3 is 2.46 bits per heavy atom. The van der Waals surface area contributed by atoms with E-state index in [4.69, 9.17) is 4.98 Å². The number of hydrogen-bond donors (Lipinski definition) is 2. The van der Waals surface area contributed by atoms with Crippen LogP contribution in [-0.2, 0) is 0 Å². The average molecular weight is 352 g/mol. The molecule has 0 aliphatic rings. The molecule has 136 valence electrons. The molecule has 0 aliphatic heterocycles. The third-order valence-corrected chi connectivity index (χ3v) is 4.68. The number of likely N-dealkylation sites (N-methyl/N-ethyl adjacent to an activating group) is 1. The highest BCUT2D eigenvalue weighted by molar-refractivity contribution is 5.77. The summed E-state index contributed by atoms with van der Waals surface area (Å²) in [6, 6.07) is 17.6. The molecule has 0 aliphatic carbocycles. The molecule has 5 heteroatoms. The molecule has 1 atom stereocenters. The minimum absolute atomic E-state index is 0.00174. The van der Waals surface area contributed by atoms with Gasteiger partial charge in [0.25, 0.3) is 5.56 Å². The Kier molecular flexibility index (Phi) is 5.81. The quantitative estimate of drug-likeness (QED) is 0.652. The number of rotatable bonds is 7. The predicted molar refractivity (Wildman–Crippen MR) is 105 cm³/mol. The highest BCUT2D eigenvalue weighted by Gasteiger charge is 2.22. The summed E-state index contributed by atoms with van der Waals surface area (Å²) in [4.78, 5) is 19.6. The molecule has 0 amide bonds. The third-order valence-electron chi connectivity index (χ3n) is 4.68. The van der Waals surface area contributed by atoms with Crippen LogP contribution in [0.15, 0.2) is 59.4 Å². The molecule has 26 heavy (non-hydrogen) atoms. The molecular formula is C21H28N4O+2. The van der Waals surface area contributed by atoms with E-state index < -0.39 is 0 Å². The van der Waals surface area contributed by atoms with Gasteiger partial charge in [0.15, 0.2) is 5.82 Å². The van der Waals surface area contributed by atoms with E-state index in [2.05, 4.69) is 26.3 Å². The van der Waals surface area contributed by atoms with Crippen molar-refractivity contribution in [1.82, 2.24) is 9.55 Å². The summed E-state index contributed by atoms with van der Waals surface area (Å²) in [6.45, 7) is 4.22. The fraction of sp³-hybridized carbons (Fsp3) is 0.333. The van der Waals surface area contributed by atoms with Gasteiger partial charge in [0.2, 0.25) is 0 Å². The van der Waals surface area contributed by atoms with E-state index in [-0.39, 0.29) is 11.6 Å². The normalized spacial score (nSPS) is 12.6. The maximum Gasteiger partial charge on any atom is 0.266 e. The van der Waals surface area contributed by atoms with Crippen molar-refractivity contribution in [2.75, 3.05) is 27.2 Å². The first-order chi connectivity index (χ1) is 12.6. The zero-order valence-corrected chi connectivity index (χ0v) is 15.8. The second kappa shape index (κ2) is 8.25. The van der Waals surface area contributed by atoms with Gasteiger partial charge in [0, 0.05) is 6.42 Å². The van der Waals surface area contributed by atoms with Crippen molar-refractivity contribution in [3.05, 3.63) is 70.8 Å². The molecule has 0 saturated carbocycles. The number of nitrogens with one attached hydrogen (secondary N) is 1. The van der Waals surface area contributed by atoms with Gasteiger partial charge in [-0.15, -0.1) is 0 Å². The Labute approximate surface area is 154 Å². The molecule has 5 nitrogen and oxygen atoms in total. The fourth-order valence-electron chi connectivity index (χ4n) is 3.25. The highest BCUT2D eigenvalue weighted by Crippen LogP contribution is 2.17. The Morgan fingerprint density at radius 1 is 1.08 bits per heavy atom. The zero-order valence-electron chi connectivity index (χ0n) is 15.8. The number of aromatic nitrogens is 2. The molecule has 3 rings (SSSR count). The molecule has 2 aromatic carbocycles. The van der Waals surface area contributed by atoms with E-state index in [1.54, 1.807) is 4.57 Å². The second-order valence-electron chi connectivity index (χ2n) is 6.96. The summed E-state index contributed by atoms with van der Waals surface area (Å²) in [7, 11) is 4.31. The van der Waals surface area contributed by atoms with Crippen molar-refractivity contribution in [2.45, 2.75) is 19.4 Å². The summed E-state index contributed by atoms with van der Waals surface area (Å²) < 4.78 is 1.79. The van der Waals surface area contributed by atoms with Crippen LogP contribution in [0.2, 0.25) is 0 Å².